The Morgan fingerprint density at radius 1 is 0.900 bits per heavy atom. The summed E-state index contributed by atoms with van der Waals surface area (Å²) >= 11 is 0. The largest absolute Gasteiger partial charge is 0.497 e. The molecule has 0 saturated carbocycles. The van der Waals surface area contributed by atoms with E-state index in [0.717, 1.165) is 28.2 Å². The number of benzene rings is 3. The molecule has 0 fully saturated rings. The van der Waals surface area contributed by atoms with Crippen LogP contribution in [0.3, 0.4) is 0 Å². The van der Waals surface area contributed by atoms with Gasteiger partial charge < -0.3 is 19.5 Å². The van der Waals surface area contributed by atoms with Crippen LogP contribution < -0.4 is 14.8 Å². The van der Waals surface area contributed by atoms with Crippen molar-refractivity contribution in [1.82, 2.24) is 0 Å². The Bertz CT molecular complexity index is 979. The van der Waals surface area contributed by atoms with Gasteiger partial charge in [0.1, 0.15) is 11.5 Å². The summed E-state index contributed by atoms with van der Waals surface area (Å²) in [5.74, 6) is 1.34. The van der Waals surface area contributed by atoms with Crippen LogP contribution in [0.1, 0.15) is 29.8 Å². The first kappa shape index (κ1) is 21.4. The number of methoxy groups -OCH3 is 2. The number of anilines is 1. The highest BCUT2D eigenvalue weighted by Gasteiger charge is 2.11. The predicted molar refractivity (Wildman–Crippen MR) is 119 cm³/mol. The molecule has 0 atom stereocenters. The van der Waals surface area contributed by atoms with Crippen LogP contribution in [0.15, 0.2) is 66.7 Å². The molecular formula is C25H27NO4. The molecule has 5 nitrogen and oxygen atoms in total. The first-order chi connectivity index (χ1) is 14.5. The zero-order chi connectivity index (χ0) is 21.5. The van der Waals surface area contributed by atoms with Crippen molar-refractivity contribution in [3.05, 3.63) is 77.9 Å². The van der Waals surface area contributed by atoms with Gasteiger partial charge in [0.25, 0.3) is 5.91 Å². The molecule has 30 heavy (non-hydrogen) atoms. The van der Waals surface area contributed by atoms with Gasteiger partial charge in [0, 0.05) is 16.8 Å². The lowest BCUT2D eigenvalue weighted by atomic mass is 10.0. The van der Waals surface area contributed by atoms with Crippen molar-refractivity contribution in [1.29, 1.82) is 0 Å². The second-order valence-electron chi connectivity index (χ2n) is 7.15. The maximum absolute atomic E-state index is 12.7. The van der Waals surface area contributed by atoms with E-state index in [9.17, 15) is 4.79 Å². The Balaban J connectivity index is 1.76. The number of amides is 1. The number of ether oxygens (including phenoxy) is 3. The Labute approximate surface area is 177 Å². The van der Waals surface area contributed by atoms with E-state index in [1.54, 1.807) is 14.2 Å². The van der Waals surface area contributed by atoms with Crippen molar-refractivity contribution >= 4 is 11.6 Å². The van der Waals surface area contributed by atoms with Crippen molar-refractivity contribution in [2.45, 2.75) is 26.6 Å². The lowest BCUT2D eigenvalue weighted by Crippen LogP contribution is -2.12. The highest BCUT2D eigenvalue weighted by molar-refractivity contribution is 6.04. The third-order valence-electron chi connectivity index (χ3n) is 4.66. The molecule has 0 heterocycles. The van der Waals surface area contributed by atoms with Gasteiger partial charge in [-0.1, -0.05) is 24.3 Å². The number of carbonyl (C=O) groups is 1. The Hall–Kier alpha value is -3.31. The van der Waals surface area contributed by atoms with E-state index in [-0.39, 0.29) is 12.0 Å². The van der Waals surface area contributed by atoms with Crippen molar-refractivity contribution in [2.24, 2.45) is 0 Å². The van der Waals surface area contributed by atoms with E-state index in [1.165, 1.54) is 0 Å². The molecule has 0 aliphatic rings. The second-order valence-corrected chi connectivity index (χ2v) is 7.15. The summed E-state index contributed by atoms with van der Waals surface area (Å²) in [4.78, 5) is 12.7. The second kappa shape index (κ2) is 9.94. The van der Waals surface area contributed by atoms with Gasteiger partial charge in [-0.2, -0.15) is 0 Å². The average Bonchev–Trinajstić information content (AvgIpc) is 2.78. The highest BCUT2D eigenvalue weighted by atomic mass is 16.5. The molecule has 1 N–H and O–H groups in total. The summed E-state index contributed by atoms with van der Waals surface area (Å²) in [5, 5.41) is 2.96. The molecular weight excluding hydrogens is 378 g/mol. The Morgan fingerprint density at radius 2 is 1.60 bits per heavy atom. The smallest absolute Gasteiger partial charge is 0.255 e. The van der Waals surface area contributed by atoms with Crippen LogP contribution in [-0.2, 0) is 11.3 Å². The van der Waals surface area contributed by atoms with Crippen LogP contribution in [-0.4, -0.2) is 26.2 Å². The molecule has 3 rings (SSSR count). The van der Waals surface area contributed by atoms with E-state index in [2.05, 4.69) is 5.32 Å². The predicted octanol–water partition coefficient (Wildman–Crippen LogP) is 5.55. The molecule has 0 saturated heterocycles. The molecule has 0 spiro atoms. The lowest BCUT2D eigenvalue weighted by Gasteiger charge is -2.13. The first-order valence-corrected chi connectivity index (χ1v) is 9.84. The van der Waals surface area contributed by atoms with Crippen molar-refractivity contribution in [3.63, 3.8) is 0 Å². The number of hydrogen-bond donors (Lipinski definition) is 1. The van der Waals surface area contributed by atoms with Crippen molar-refractivity contribution in [2.75, 3.05) is 19.5 Å². The van der Waals surface area contributed by atoms with E-state index in [0.29, 0.717) is 17.9 Å². The monoisotopic (exact) mass is 405 g/mol. The fraction of sp³-hybridized carbons (Fsp3) is 0.240. The molecule has 0 bridgehead atoms. The summed E-state index contributed by atoms with van der Waals surface area (Å²) in [6, 6.07) is 20.7. The minimum atomic E-state index is -0.169. The van der Waals surface area contributed by atoms with Gasteiger partial charge in [0.15, 0.2) is 0 Å². The highest BCUT2D eigenvalue weighted by Crippen LogP contribution is 2.33. The fourth-order valence-corrected chi connectivity index (χ4v) is 3.00. The normalized spacial score (nSPS) is 10.7. The van der Waals surface area contributed by atoms with E-state index in [4.69, 9.17) is 14.2 Å². The SMILES string of the molecule is COc1ccc(-c2cc(NC(=O)c3ccc(COC(C)C)cc3)ccc2OC)cc1. The standard InChI is InChI=1S/C25H27NO4/c1-17(2)30-16-18-5-7-20(8-6-18)25(27)26-21-11-14-24(29-4)23(15-21)19-9-12-22(28-3)13-10-19/h5-15,17H,16H2,1-4H3,(H,26,27). The van der Waals surface area contributed by atoms with Gasteiger partial charge in [-0.3, -0.25) is 4.79 Å². The summed E-state index contributed by atoms with van der Waals surface area (Å²) in [7, 11) is 3.26. The topological polar surface area (TPSA) is 56.8 Å². The summed E-state index contributed by atoms with van der Waals surface area (Å²) in [6.07, 6.45) is 0.169. The molecule has 0 aliphatic heterocycles. The maximum atomic E-state index is 12.7. The van der Waals surface area contributed by atoms with Crippen molar-refractivity contribution in [3.8, 4) is 22.6 Å². The summed E-state index contributed by atoms with van der Waals surface area (Å²) in [5.41, 5.74) is 4.17. The molecule has 0 radical (unpaired) electrons. The molecule has 0 aliphatic carbocycles. The van der Waals surface area contributed by atoms with Crippen LogP contribution in [0.2, 0.25) is 0 Å². The quantitative estimate of drug-likeness (QED) is 0.534. The third kappa shape index (κ3) is 5.39. The molecule has 5 heteroatoms. The molecule has 156 valence electrons. The van der Waals surface area contributed by atoms with Gasteiger partial charge in [0.05, 0.1) is 26.9 Å². The molecule has 0 aromatic heterocycles. The molecule has 0 unspecified atom stereocenters. The van der Waals surface area contributed by atoms with Gasteiger partial charge in [-0.15, -0.1) is 0 Å². The number of rotatable bonds is 8. The molecule has 1 amide bonds. The third-order valence-corrected chi connectivity index (χ3v) is 4.66. The zero-order valence-electron chi connectivity index (χ0n) is 17.8. The van der Waals surface area contributed by atoms with Gasteiger partial charge >= 0.3 is 0 Å². The van der Waals surface area contributed by atoms with Crippen molar-refractivity contribution < 1.29 is 19.0 Å². The van der Waals surface area contributed by atoms with E-state index in [1.807, 2.05) is 80.6 Å². The Kier molecular flexibility index (Phi) is 7.09. The Morgan fingerprint density at radius 3 is 2.20 bits per heavy atom. The maximum Gasteiger partial charge on any atom is 0.255 e. The van der Waals surface area contributed by atoms with Gasteiger partial charge in [-0.25, -0.2) is 0 Å². The van der Waals surface area contributed by atoms with Gasteiger partial charge in [0.2, 0.25) is 0 Å². The molecule has 3 aromatic rings. The van der Waals surface area contributed by atoms with Crippen LogP contribution >= 0.6 is 0 Å². The summed E-state index contributed by atoms with van der Waals surface area (Å²) < 4.78 is 16.3. The molecule has 3 aromatic carbocycles. The number of hydrogen-bond acceptors (Lipinski definition) is 4. The fourth-order valence-electron chi connectivity index (χ4n) is 3.00. The summed E-state index contributed by atoms with van der Waals surface area (Å²) in [6.45, 7) is 4.52. The van der Waals surface area contributed by atoms with Crippen LogP contribution in [0.4, 0.5) is 5.69 Å². The van der Waals surface area contributed by atoms with Gasteiger partial charge in [-0.05, 0) is 67.4 Å². The van der Waals surface area contributed by atoms with Crippen LogP contribution in [0, 0.1) is 0 Å². The van der Waals surface area contributed by atoms with E-state index >= 15 is 0 Å². The first-order valence-electron chi connectivity index (χ1n) is 9.84. The zero-order valence-corrected chi connectivity index (χ0v) is 17.8. The average molecular weight is 405 g/mol. The van der Waals surface area contributed by atoms with Crippen LogP contribution in [0.5, 0.6) is 11.5 Å². The van der Waals surface area contributed by atoms with E-state index < -0.39 is 0 Å². The minimum Gasteiger partial charge on any atom is -0.497 e. The minimum absolute atomic E-state index is 0.169. The lowest BCUT2D eigenvalue weighted by molar-refractivity contribution is 0.0657. The number of nitrogens with one attached hydrogen (secondary N) is 1. The van der Waals surface area contributed by atoms with Crippen LogP contribution in [0.25, 0.3) is 11.1 Å². The number of carbonyl (C=O) groups excluding carboxylic acids is 1.